The van der Waals surface area contributed by atoms with E-state index in [9.17, 15) is 13.2 Å². The summed E-state index contributed by atoms with van der Waals surface area (Å²) >= 11 is 0.902. The topological polar surface area (TPSA) is 46.2 Å². The van der Waals surface area contributed by atoms with Gasteiger partial charge in [0.25, 0.3) is 0 Å². The highest BCUT2D eigenvalue weighted by Crippen LogP contribution is 2.33. The average Bonchev–Trinajstić information content (AvgIpc) is 2.30. The van der Waals surface area contributed by atoms with Crippen LogP contribution in [0.3, 0.4) is 0 Å². The second-order valence-corrected chi connectivity index (χ2v) is 4.37. The SMILES string of the molecule is CC(N)c1ccccc1C(F)(F)F.CCCSO. The molecule has 0 aliphatic heterocycles. The molecule has 0 radical (unpaired) electrons. The molecule has 2 nitrogen and oxygen atoms in total. The lowest BCUT2D eigenvalue weighted by molar-refractivity contribution is -0.138. The molecule has 1 aromatic carbocycles. The van der Waals surface area contributed by atoms with Crippen molar-refractivity contribution in [3.05, 3.63) is 35.4 Å². The van der Waals surface area contributed by atoms with Crippen molar-refractivity contribution >= 4 is 12.0 Å². The molecule has 3 N–H and O–H groups in total. The molecule has 0 heterocycles. The highest BCUT2D eigenvalue weighted by atomic mass is 32.2. The Bertz CT molecular complexity index is 340. The summed E-state index contributed by atoms with van der Waals surface area (Å²) in [5, 5.41) is 0. The summed E-state index contributed by atoms with van der Waals surface area (Å²) in [6, 6.07) is 4.74. The monoisotopic (exact) mass is 281 g/mol. The normalized spacial score (nSPS) is 12.6. The van der Waals surface area contributed by atoms with Crippen LogP contribution in [-0.2, 0) is 6.18 Å². The Labute approximate surface area is 110 Å². The predicted molar refractivity (Wildman–Crippen MR) is 69.4 cm³/mol. The zero-order valence-corrected chi connectivity index (χ0v) is 11.2. The van der Waals surface area contributed by atoms with Gasteiger partial charge in [0.1, 0.15) is 0 Å². The summed E-state index contributed by atoms with van der Waals surface area (Å²) in [5.41, 5.74) is 4.90. The van der Waals surface area contributed by atoms with E-state index in [1.807, 2.05) is 6.92 Å². The van der Waals surface area contributed by atoms with Crippen molar-refractivity contribution < 1.29 is 17.7 Å². The van der Waals surface area contributed by atoms with Crippen LogP contribution < -0.4 is 5.73 Å². The van der Waals surface area contributed by atoms with E-state index in [2.05, 4.69) is 0 Å². The summed E-state index contributed by atoms with van der Waals surface area (Å²) in [6.07, 6.45) is -3.26. The quantitative estimate of drug-likeness (QED) is 0.811. The molecular formula is C12H18F3NOS. The predicted octanol–water partition coefficient (Wildman–Crippen LogP) is 4.33. The molecule has 18 heavy (non-hydrogen) atoms. The molecule has 0 aromatic heterocycles. The smallest absolute Gasteiger partial charge is 0.330 e. The molecule has 1 aromatic rings. The zero-order valence-electron chi connectivity index (χ0n) is 10.4. The van der Waals surface area contributed by atoms with Crippen molar-refractivity contribution in [2.24, 2.45) is 5.73 Å². The van der Waals surface area contributed by atoms with E-state index in [1.54, 1.807) is 6.07 Å². The third kappa shape index (κ3) is 6.28. The molecule has 0 aliphatic rings. The third-order valence-corrected chi connectivity index (χ3v) is 2.64. The maximum absolute atomic E-state index is 12.4. The van der Waals surface area contributed by atoms with Gasteiger partial charge in [0.2, 0.25) is 0 Å². The first kappa shape index (κ1) is 17.3. The van der Waals surface area contributed by atoms with Crippen LogP contribution in [0.15, 0.2) is 24.3 Å². The van der Waals surface area contributed by atoms with Crippen molar-refractivity contribution in [1.29, 1.82) is 0 Å². The van der Waals surface area contributed by atoms with E-state index in [0.717, 1.165) is 30.3 Å². The van der Waals surface area contributed by atoms with Crippen LogP contribution >= 0.6 is 12.0 Å². The first-order valence-electron chi connectivity index (χ1n) is 5.52. The molecule has 0 amide bonds. The molecule has 0 saturated carbocycles. The van der Waals surface area contributed by atoms with Crippen molar-refractivity contribution in [3.8, 4) is 0 Å². The van der Waals surface area contributed by atoms with E-state index < -0.39 is 17.8 Å². The molecule has 104 valence electrons. The Morgan fingerprint density at radius 1 is 1.33 bits per heavy atom. The maximum Gasteiger partial charge on any atom is 0.416 e. The van der Waals surface area contributed by atoms with Gasteiger partial charge in [0.05, 0.1) is 5.56 Å². The molecule has 0 aliphatic carbocycles. The minimum atomic E-state index is -4.32. The van der Waals surface area contributed by atoms with E-state index in [4.69, 9.17) is 10.3 Å². The van der Waals surface area contributed by atoms with Gasteiger partial charge in [-0.2, -0.15) is 13.2 Å². The minimum Gasteiger partial charge on any atom is -0.330 e. The molecule has 1 rings (SSSR count). The third-order valence-electron chi connectivity index (χ3n) is 2.05. The van der Waals surface area contributed by atoms with Gasteiger partial charge in [-0.3, -0.25) is 0 Å². The van der Waals surface area contributed by atoms with Crippen LogP contribution in [0.1, 0.15) is 37.4 Å². The van der Waals surface area contributed by atoms with Gasteiger partial charge in [-0.15, -0.1) is 0 Å². The molecule has 0 fully saturated rings. The van der Waals surface area contributed by atoms with Gasteiger partial charge >= 0.3 is 6.18 Å². The van der Waals surface area contributed by atoms with Gasteiger partial charge in [-0.25, -0.2) is 0 Å². The number of hydrogen-bond acceptors (Lipinski definition) is 3. The summed E-state index contributed by atoms with van der Waals surface area (Å²) in [4.78, 5) is 0. The Hall–Kier alpha value is -0.720. The van der Waals surface area contributed by atoms with E-state index in [-0.39, 0.29) is 5.56 Å². The second kappa shape index (κ2) is 8.39. The van der Waals surface area contributed by atoms with Gasteiger partial charge < -0.3 is 10.3 Å². The maximum atomic E-state index is 12.4. The minimum absolute atomic E-state index is 0.134. The van der Waals surface area contributed by atoms with Crippen LogP contribution in [-0.4, -0.2) is 10.3 Å². The Balaban J connectivity index is 0.000000494. The summed E-state index contributed by atoms with van der Waals surface area (Å²) in [7, 11) is 0. The van der Waals surface area contributed by atoms with E-state index in [1.165, 1.54) is 19.1 Å². The van der Waals surface area contributed by atoms with Gasteiger partial charge in [0, 0.05) is 11.8 Å². The first-order valence-corrected chi connectivity index (χ1v) is 6.46. The molecule has 1 atom stereocenters. The van der Waals surface area contributed by atoms with Crippen LogP contribution in [0.2, 0.25) is 0 Å². The lowest BCUT2D eigenvalue weighted by Gasteiger charge is -2.14. The standard InChI is InChI=1S/C9H10F3N.C3H8OS/c1-6(13)7-4-2-3-5-8(7)9(10,11)12;1-2-3-5-4/h2-6H,13H2,1H3;4H,2-3H2,1H3. The molecule has 1 unspecified atom stereocenters. The number of halogens is 3. The summed E-state index contributed by atoms with van der Waals surface area (Å²) in [5.74, 6) is 0.861. The number of hydrogen-bond donors (Lipinski definition) is 2. The van der Waals surface area contributed by atoms with Gasteiger partial charge in [-0.1, -0.05) is 25.1 Å². The van der Waals surface area contributed by atoms with Crippen molar-refractivity contribution in [2.75, 3.05) is 5.75 Å². The fourth-order valence-electron chi connectivity index (χ4n) is 1.24. The Kier molecular flexibility index (Phi) is 8.06. The Morgan fingerprint density at radius 2 is 1.89 bits per heavy atom. The number of alkyl halides is 3. The average molecular weight is 281 g/mol. The highest BCUT2D eigenvalue weighted by molar-refractivity contribution is 7.93. The van der Waals surface area contributed by atoms with Crippen LogP contribution in [0.25, 0.3) is 0 Å². The van der Waals surface area contributed by atoms with Crippen molar-refractivity contribution in [1.82, 2.24) is 0 Å². The van der Waals surface area contributed by atoms with Gasteiger partial charge in [-0.05, 0) is 37.0 Å². The largest absolute Gasteiger partial charge is 0.416 e. The molecule has 6 heteroatoms. The highest BCUT2D eigenvalue weighted by Gasteiger charge is 2.33. The Morgan fingerprint density at radius 3 is 2.17 bits per heavy atom. The fraction of sp³-hybridized carbons (Fsp3) is 0.500. The van der Waals surface area contributed by atoms with Crippen LogP contribution in [0.5, 0.6) is 0 Å². The number of benzene rings is 1. The fourth-order valence-corrected chi connectivity index (χ4v) is 1.43. The molecule has 0 spiro atoms. The molecular weight excluding hydrogens is 263 g/mol. The van der Waals surface area contributed by atoms with Crippen molar-refractivity contribution in [2.45, 2.75) is 32.5 Å². The zero-order chi connectivity index (χ0) is 14.2. The second-order valence-electron chi connectivity index (χ2n) is 3.71. The first-order chi connectivity index (χ1) is 8.34. The van der Waals surface area contributed by atoms with Crippen LogP contribution in [0.4, 0.5) is 13.2 Å². The number of rotatable bonds is 3. The van der Waals surface area contributed by atoms with Crippen molar-refractivity contribution in [3.63, 3.8) is 0 Å². The van der Waals surface area contributed by atoms with E-state index >= 15 is 0 Å². The summed E-state index contributed by atoms with van der Waals surface area (Å²) in [6.45, 7) is 3.56. The lowest BCUT2D eigenvalue weighted by Crippen LogP contribution is -2.14. The van der Waals surface area contributed by atoms with E-state index in [0.29, 0.717) is 0 Å². The lowest BCUT2D eigenvalue weighted by atomic mass is 10.0. The van der Waals surface area contributed by atoms with Crippen LogP contribution in [0, 0.1) is 0 Å². The molecule has 0 bridgehead atoms. The summed E-state index contributed by atoms with van der Waals surface area (Å²) < 4.78 is 45.0. The number of nitrogens with two attached hydrogens (primary N) is 1. The molecule has 0 saturated heterocycles. The van der Waals surface area contributed by atoms with Gasteiger partial charge in [0.15, 0.2) is 0 Å².